The molecule has 0 radical (unpaired) electrons. The number of nitrogens with one attached hydrogen (secondary N) is 1. The predicted molar refractivity (Wildman–Crippen MR) is 91.5 cm³/mol. The third kappa shape index (κ3) is 3.59. The van der Waals surface area contributed by atoms with Crippen molar-refractivity contribution < 1.29 is 4.79 Å². The predicted octanol–water partition coefficient (Wildman–Crippen LogP) is 2.55. The van der Waals surface area contributed by atoms with Gasteiger partial charge in [-0.05, 0) is 43.0 Å². The zero-order valence-corrected chi connectivity index (χ0v) is 13.2. The molecule has 1 fully saturated rings. The van der Waals surface area contributed by atoms with Gasteiger partial charge in [-0.2, -0.15) is 0 Å². The van der Waals surface area contributed by atoms with Gasteiger partial charge in [0.2, 0.25) is 0 Å². The zero-order valence-electron chi connectivity index (χ0n) is 13.2. The summed E-state index contributed by atoms with van der Waals surface area (Å²) >= 11 is 0. The van der Waals surface area contributed by atoms with Crippen molar-refractivity contribution in [3.05, 3.63) is 42.4 Å². The lowest BCUT2D eigenvalue weighted by Gasteiger charge is -2.32. The molecule has 0 saturated carbocycles. The molecule has 1 aromatic carbocycles. The fourth-order valence-corrected chi connectivity index (χ4v) is 2.74. The smallest absolute Gasteiger partial charge is 0.278 e. The number of hydrogen-bond acceptors (Lipinski definition) is 5. The van der Waals surface area contributed by atoms with Crippen LogP contribution in [0.15, 0.2) is 36.7 Å². The molecule has 0 unspecified atom stereocenters. The number of piperidine rings is 1. The van der Waals surface area contributed by atoms with E-state index in [1.54, 1.807) is 0 Å². The zero-order chi connectivity index (χ0) is 16.2. The van der Waals surface area contributed by atoms with Crippen molar-refractivity contribution in [2.24, 2.45) is 5.92 Å². The van der Waals surface area contributed by atoms with Gasteiger partial charge in [0.05, 0.1) is 0 Å². The van der Waals surface area contributed by atoms with Crippen molar-refractivity contribution in [1.29, 1.82) is 0 Å². The van der Waals surface area contributed by atoms with Crippen LogP contribution in [0, 0.1) is 5.92 Å². The molecule has 3 rings (SSSR count). The first-order valence-corrected chi connectivity index (χ1v) is 7.86. The molecular formula is C17H21N5O. The van der Waals surface area contributed by atoms with E-state index in [2.05, 4.69) is 27.1 Å². The van der Waals surface area contributed by atoms with Crippen molar-refractivity contribution in [2.75, 3.05) is 29.0 Å². The second-order valence-electron chi connectivity index (χ2n) is 5.96. The molecule has 6 heteroatoms. The monoisotopic (exact) mass is 311 g/mol. The average molecular weight is 311 g/mol. The Hall–Kier alpha value is -2.63. The van der Waals surface area contributed by atoms with Crippen LogP contribution in [0.3, 0.4) is 0 Å². The minimum atomic E-state index is -0.352. The summed E-state index contributed by atoms with van der Waals surface area (Å²) in [5.74, 6) is 0.585. The van der Waals surface area contributed by atoms with E-state index in [1.807, 2.05) is 24.3 Å². The molecule has 6 nitrogen and oxygen atoms in total. The normalized spacial score (nSPS) is 15.4. The van der Waals surface area contributed by atoms with E-state index < -0.39 is 0 Å². The van der Waals surface area contributed by atoms with Gasteiger partial charge in [-0.3, -0.25) is 4.79 Å². The number of amides is 1. The Morgan fingerprint density at radius 1 is 1.17 bits per heavy atom. The Labute approximate surface area is 135 Å². The van der Waals surface area contributed by atoms with Crippen LogP contribution >= 0.6 is 0 Å². The Morgan fingerprint density at radius 2 is 1.83 bits per heavy atom. The Kier molecular flexibility index (Phi) is 4.41. The Bertz CT molecular complexity index is 678. The number of hydrogen-bond donors (Lipinski definition) is 2. The number of rotatable bonds is 3. The number of anilines is 3. The Balaban J connectivity index is 1.66. The van der Waals surface area contributed by atoms with Crippen LogP contribution in [0.2, 0.25) is 0 Å². The lowest BCUT2D eigenvalue weighted by Crippen LogP contribution is -2.32. The number of nitrogen functional groups attached to an aromatic ring is 1. The lowest BCUT2D eigenvalue weighted by atomic mass is 9.99. The summed E-state index contributed by atoms with van der Waals surface area (Å²) in [6.07, 6.45) is 5.36. The number of aromatic nitrogens is 2. The summed E-state index contributed by atoms with van der Waals surface area (Å²) in [5, 5.41) is 2.80. The molecule has 0 spiro atoms. The van der Waals surface area contributed by atoms with Crippen LogP contribution in [0.25, 0.3) is 0 Å². The highest BCUT2D eigenvalue weighted by Gasteiger charge is 2.16. The molecule has 3 N–H and O–H groups in total. The number of carbonyl (C=O) groups excluding carboxylic acids is 1. The van der Waals surface area contributed by atoms with Gasteiger partial charge in [-0.1, -0.05) is 6.92 Å². The van der Waals surface area contributed by atoms with E-state index >= 15 is 0 Å². The van der Waals surface area contributed by atoms with E-state index in [0.29, 0.717) is 5.69 Å². The minimum absolute atomic E-state index is 0.129. The van der Waals surface area contributed by atoms with Gasteiger partial charge in [-0.15, -0.1) is 0 Å². The van der Waals surface area contributed by atoms with E-state index in [0.717, 1.165) is 19.0 Å². The summed E-state index contributed by atoms with van der Waals surface area (Å²) in [6, 6.07) is 7.87. The topological polar surface area (TPSA) is 84.1 Å². The largest absolute Gasteiger partial charge is 0.382 e. The summed E-state index contributed by atoms with van der Waals surface area (Å²) in [7, 11) is 0. The maximum atomic E-state index is 12.2. The fraction of sp³-hybridized carbons (Fsp3) is 0.353. The van der Waals surface area contributed by atoms with Gasteiger partial charge in [-0.25, -0.2) is 9.97 Å². The van der Waals surface area contributed by atoms with Gasteiger partial charge >= 0.3 is 0 Å². The highest BCUT2D eigenvalue weighted by atomic mass is 16.1. The second-order valence-corrected chi connectivity index (χ2v) is 5.96. The SMILES string of the molecule is CC1CCN(c2ccc(NC(=O)c3nccnc3N)cc2)CC1. The van der Waals surface area contributed by atoms with Crippen LogP contribution in [0.1, 0.15) is 30.3 Å². The third-order valence-corrected chi connectivity index (χ3v) is 4.22. The first-order chi connectivity index (χ1) is 11.1. The molecule has 2 aromatic rings. The highest BCUT2D eigenvalue weighted by Crippen LogP contribution is 2.24. The fourth-order valence-electron chi connectivity index (χ4n) is 2.74. The molecule has 1 saturated heterocycles. The maximum absolute atomic E-state index is 12.2. The third-order valence-electron chi connectivity index (χ3n) is 4.22. The van der Waals surface area contributed by atoms with Crippen LogP contribution in [-0.4, -0.2) is 29.0 Å². The Morgan fingerprint density at radius 3 is 2.48 bits per heavy atom. The quantitative estimate of drug-likeness (QED) is 0.910. The summed E-state index contributed by atoms with van der Waals surface area (Å²) in [4.78, 5) is 22.4. The van der Waals surface area contributed by atoms with E-state index in [1.165, 1.54) is 30.9 Å². The van der Waals surface area contributed by atoms with Gasteiger partial charge in [0.25, 0.3) is 5.91 Å². The molecule has 0 aliphatic carbocycles. The van der Waals surface area contributed by atoms with Crippen molar-refractivity contribution in [2.45, 2.75) is 19.8 Å². The summed E-state index contributed by atoms with van der Waals surface area (Å²) in [6.45, 7) is 4.47. The van der Waals surface area contributed by atoms with Crippen LogP contribution in [0.4, 0.5) is 17.2 Å². The van der Waals surface area contributed by atoms with Crippen LogP contribution in [-0.2, 0) is 0 Å². The van der Waals surface area contributed by atoms with E-state index in [9.17, 15) is 4.79 Å². The number of carbonyl (C=O) groups is 1. The summed E-state index contributed by atoms with van der Waals surface area (Å²) < 4.78 is 0. The molecule has 0 atom stereocenters. The second kappa shape index (κ2) is 6.64. The number of nitrogens with two attached hydrogens (primary N) is 1. The number of benzene rings is 1. The molecule has 23 heavy (non-hydrogen) atoms. The first kappa shape index (κ1) is 15.3. The lowest BCUT2D eigenvalue weighted by molar-refractivity contribution is 0.102. The maximum Gasteiger partial charge on any atom is 0.278 e. The van der Waals surface area contributed by atoms with Gasteiger partial charge in [0, 0.05) is 36.9 Å². The van der Waals surface area contributed by atoms with Crippen LogP contribution in [0.5, 0.6) is 0 Å². The molecular weight excluding hydrogens is 290 g/mol. The molecule has 2 heterocycles. The highest BCUT2D eigenvalue weighted by molar-refractivity contribution is 6.05. The van der Waals surface area contributed by atoms with Crippen molar-refractivity contribution in [1.82, 2.24) is 9.97 Å². The first-order valence-electron chi connectivity index (χ1n) is 7.86. The minimum Gasteiger partial charge on any atom is -0.382 e. The molecule has 120 valence electrons. The molecule has 1 aliphatic rings. The van der Waals surface area contributed by atoms with Crippen molar-refractivity contribution in [3.63, 3.8) is 0 Å². The van der Waals surface area contributed by atoms with Crippen LogP contribution < -0.4 is 16.0 Å². The number of nitrogens with zero attached hydrogens (tertiary/aromatic N) is 3. The van der Waals surface area contributed by atoms with E-state index in [-0.39, 0.29) is 17.4 Å². The van der Waals surface area contributed by atoms with Crippen molar-refractivity contribution in [3.8, 4) is 0 Å². The van der Waals surface area contributed by atoms with E-state index in [4.69, 9.17) is 5.73 Å². The summed E-state index contributed by atoms with van der Waals surface area (Å²) in [5.41, 5.74) is 7.71. The molecule has 1 amide bonds. The van der Waals surface area contributed by atoms with Crippen molar-refractivity contribution >= 4 is 23.1 Å². The average Bonchev–Trinajstić information content (AvgIpc) is 2.57. The molecule has 1 aliphatic heterocycles. The van der Waals surface area contributed by atoms with Gasteiger partial charge < -0.3 is 16.0 Å². The van der Waals surface area contributed by atoms with Gasteiger partial charge in [0.1, 0.15) is 0 Å². The molecule has 0 bridgehead atoms. The molecule has 1 aromatic heterocycles. The van der Waals surface area contributed by atoms with Gasteiger partial charge in [0.15, 0.2) is 11.5 Å². The standard InChI is InChI=1S/C17H21N5O/c1-12-6-10-22(11-7-12)14-4-2-13(3-5-14)21-17(23)15-16(18)20-9-8-19-15/h2-5,8-9,12H,6-7,10-11H2,1H3,(H2,18,20)(H,21,23).